The highest BCUT2D eigenvalue weighted by Crippen LogP contribution is 2.33. The molecule has 7 rings (SSSR count). The Bertz CT molecular complexity index is 1870. The third-order valence-electron chi connectivity index (χ3n) is 8.81. The Balaban J connectivity index is 1.22. The molecular formula is C44H42O6. The molecule has 6 aromatic rings. The van der Waals surface area contributed by atoms with Crippen molar-refractivity contribution in [2.24, 2.45) is 0 Å². The lowest BCUT2D eigenvalue weighted by Crippen LogP contribution is -2.62. The van der Waals surface area contributed by atoms with Crippen LogP contribution in [0.15, 0.2) is 164 Å². The highest BCUT2D eigenvalue weighted by molar-refractivity contribution is 5.83. The summed E-state index contributed by atoms with van der Waals surface area (Å²) in [6.07, 6.45) is -3.08. The van der Waals surface area contributed by atoms with Gasteiger partial charge in [0.1, 0.15) is 30.2 Å². The molecule has 1 heterocycles. The molecule has 0 aromatic heterocycles. The zero-order valence-corrected chi connectivity index (χ0v) is 28.0. The third kappa shape index (κ3) is 9.04. The van der Waals surface area contributed by atoms with Crippen LogP contribution in [0.4, 0.5) is 0 Å². The fourth-order valence-electron chi connectivity index (χ4n) is 6.22. The quantitative estimate of drug-likeness (QED) is 0.109. The molecule has 0 bridgehead atoms. The van der Waals surface area contributed by atoms with E-state index in [2.05, 4.69) is 54.6 Å². The van der Waals surface area contributed by atoms with E-state index in [0.29, 0.717) is 32.2 Å². The lowest BCUT2D eigenvalue weighted by Gasteiger charge is -2.45. The normalized spacial score (nSPS) is 20.4. The van der Waals surface area contributed by atoms with Crippen molar-refractivity contribution in [3.05, 3.63) is 186 Å². The van der Waals surface area contributed by atoms with E-state index in [1.165, 1.54) is 0 Å². The van der Waals surface area contributed by atoms with Crippen LogP contribution in [0.25, 0.3) is 10.8 Å². The van der Waals surface area contributed by atoms with Gasteiger partial charge in [-0.3, -0.25) is 0 Å². The molecule has 6 nitrogen and oxygen atoms in total. The fourth-order valence-corrected chi connectivity index (χ4v) is 6.22. The predicted molar refractivity (Wildman–Crippen MR) is 194 cm³/mol. The van der Waals surface area contributed by atoms with Gasteiger partial charge in [-0.15, -0.1) is 0 Å². The second-order valence-electron chi connectivity index (χ2n) is 12.5. The highest BCUT2D eigenvalue weighted by Gasteiger charge is 2.49. The first-order chi connectivity index (χ1) is 24.8. The van der Waals surface area contributed by atoms with E-state index in [1.54, 1.807) is 0 Å². The van der Waals surface area contributed by atoms with Crippen molar-refractivity contribution in [1.29, 1.82) is 0 Å². The largest absolute Gasteiger partial charge is 0.462 e. The van der Waals surface area contributed by atoms with Gasteiger partial charge in [0.15, 0.2) is 0 Å². The van der Waals surface area contributed by atoms with Crippen molar-refractivity contribution >= 4 is 10.8 Å². The summed E-state index contributed by atoms with van der Waals surface area (Å²) in [4.78, 5) is 0. The molecule has 1 fully saturated rings. The Hall–Kier alpha value is -4.82. The van der Waals surface area contributed by atoms with E-state index >= 15 is 0 Å². The maximum atomic E-state index is 6.85. The lowest BCUT2D eigenvalue weighted by atomic mass is 9.97. The topological polar surface area (TPSA) is 55.4 Å². The molecule has 1 aliphatic rings. The molecule has 0 aliphatic carbocycles. The van der Waals surface area contributed by atoms with Crippen molar-refractivity contribution in [2.45, 2.75) is 57.1 Å². The van der Waals surface area contributed by atoms with Crippen LogP contribution >= 0.6 is 0 Å². The van der Waals surface area contributed by atoms with E-state index in [4.69, 9.17) is 28.4 Å². The molecule has 0 saturated carbocycles. The van der Waals surface area contributed by atoms with Crippen molar-refractivity contribution in [2.75, 3.05) is 6.61 Å². The van der Waals surface area contributed by atoms with Crippen LogP contribution in [-0.2, 0) is 50.1 Å². The van der Waals surface area contributed by atoms with Crippen molar-refractivity contribution in [1.82, 2.24) is 0 Å². The van der Waals surface area contributed by atoms with Crippen molar-refractivity contribution in [3.63, 3.8) is 0 Å². The molecule has 0 N–H and O–H groups in total. The number of hydrogen-bond acceptors (Lipinski definition) is 6. The smallest absolute Gasteiger partial charge is 0.229 e. The van der Waals surface area contributed by atoms with E-state index in [-0.39, 0.29) is 6.61 Å². The van der Waals surface area contributed by atoms with Gasteiger partial charge in [-0.25, -0.2) is 0 Å². The average Bonchev–Trinajstić information content (AvgIpc) is 3.18. The average molecular weight is 667 g/mol. The van der Waals surface area contributed by atoms with Crippen LogP contribution in [-0.4, -0.2) is 37.3 Å². The first-order valence-electron chi connectivity index (χ1n) is 17.2. The molecule has 5 atom stereocenters. The highest BCUT2D eigenvalue weighted by atomic mass is 16.7. The van der Waals surface area contributed by atoms with E-state index in [9.17, 15) is 0 Å². The minimum atomic E-state index is -0.817. The molecule has 0 amide bonds. The minimum absolute atomic E-state index is 0.266. The summed E-state index contributed by atoms with van der Waals surface area (Å²) < 4.78 is 40.2. The second kappa shape index (κ2) is 17.2. The van der Waals surface area contributed by atoms with Crippen LogP contribution < -0.4 is 4.74 Å². The van der Waals surface area contributed by atoms with Gasteiger partial charge in [0.05, 0.1) is 33.0 Å². The Morgan fingerprint density at radius 1 is 0.420 bits per heavy atom. The predicted octanol–water partition coefficient (Wildman–Crippen LogP) is 8.92. The van der Waals surface area contributed by atoms with E-state index < -0.39 is 30.7 Å². The van der Waals surface area contributed by atoms with Crippen LogP contribution in [0.1, 0.15) is 22.3 Å². The van der Waals surface area contributed by atoms with Gasteiger partial charge in [0.25, 0.3) is 0 Å². The Labute approximate surface area is 294 Å². The summed E-state index contributed by atoms with van der Waals surface area (Å²) in [5.41, 5.74) is 4.21. The first-order valence-corrected chi connectivity index (χ1v) is 17.2. The fraction of sp³-hybridized carbons (Fsp3) is 0.227. The van der Waals surface area contributed by atoms with E-state index in [1.807, 2.05) is 109 Å². The van der Waals surface area contributed by atoms with Crippen molar-refractivity contribution < 1.29 is 28.4 Å². The van der Waals surface area contributed by atoms with Crippen LogP contribution in [0, 0.1) is 0 Å². The molecule has 1 aliphatic heterocycles. The summed E-state index contributed by atoms with van der Waals surface area (Å²) in [7, 11) is 0. The summed E-state index contributed by atoms with van der Waals surface area (Å²) in [6.45, 7) is 1.78. The molecule has 0 spiro atoms. The van der Waals surface area contributed by atoms with Gasteiger partial charge in [0.2, 0.25) is 6.29 Å². The molecule has 6 heteroatoms. The lowest BCUT2D eigenvalue weighted by molar-refractivity contribution is -0.310. The maximum Gasteiger partial charge on any atom is 0.229 e. The molecule has 254 valence electrons. The molecule has 0 radical (unpaired) electrons. The van der Waals surface area contributed by atoms with Crippen LogP contribution in [0.2, 0.25) is 0 Å². The maximum absolute atomic E-state index is 6.85. The van der Waals surface area contributed by atoms with Crippen LogP contribution in [0.3, 0.4) is 0 Å². The van der Waals surface area contributed by atoms with Gasteiger partial charge in [-0.2, -0.15) is 0 Å². The zero-order valence-electron chi connectivity index (χ0n) is 28.0. The molecule has 3 unspecified atom stereocenters. The SMILES string of the molecule is c1ccc(COCC2O[C@H](Oc3ccc4ccccc4c3)C(OCc3ccccc3)C(OCc3ccccc3)[C@@H]2OCc2ccccc2)cc1. The standard InChI is InChI=1S/C44H42O6/c1-5-15-33(16-6-1)28-45-32-40-41(46-29-34-17-7-2-8-18-34)42(47-30-35-19-9-3-10-20-35)43(48-31-36-21-11-4-12-22-36)44(50-40)49-39-26-25-37-23-13-14-24-38(37)27-39/h1-27,40-44H,28-32H2/t40?,41-,42?,43?,44+/m1/s1. The van der Waals surface area contributed by atoms with Gasteiger partial charge in [-0.05, 0) is 45.2 Å². The number of benzene rings is 6. The second-order valence-corrected chi connectivity index (χ2v) is 12.5. The number of hydrogen-bond donors (Lipinski definition) is 0. The van der Waals surface area contributed by atoms with Crippen LogP contribution in [0.5, 0.6) is 5.75 Å². The zero-order chi connectivity index (χ0) is 33.8. The summed E-state index contributed by atoms with van der Waals surface area (Å²) in [5.74, 6) is 0.677. The molecule has 50 heavy (non-hydrogen) atoms. The Kier molecular flexibility index (Phi) is 11.6. The number of rotatable bonds is 15. The Morgan fingerprint density at radius 2 is 0.880 bits per heavy atom. The molecular weight excluding hydrogens is 624 g/mol. The molecule has 6 aromatic carbocycles. The van der Waals surface area contributed by atoms with Gasteiger partial charge < -0.3 is 28.4 Å². The third-order valence-corrected chi connectivity index (χ3v) is 8.81. The number of fused-ring (bicyclic) bond motifs is 1. The number of ether oxygens (including phenoxy) is 6. The summed E-state index contributed by atoms with van der Waals surface area (Å²) in [6, 6.07) is 54.8. The first kappa shape index (κ1) is 33.7. The van der Waals surface area contributed by atoms with Crippen molar-refractivity contribution in [3.8, 4) is 5.75 Å². The summed E-state index contributed by atoms with van der Waals surface area (Å²) >= 11 is 0. The molecule has 1 saturated heterocycles. The summed E-state index contributed by atoms with van der Waals surface area (Å²) in [5, 5.41) is 2.21. The Morgan fingerprint density at radius 3 is 1.44 bits per heavy atom. The van der Waals surface area contributed by atoms with Gasteiger partial charge >= 0.3 is 0 Å². The van der Waals surface area contributed by atoms with E-state index in [0.717, 1.165) is 33.0 Å². The van der Waals surface area contributed by atoms with Gasteiger partial charge in [-0.1, -0.05) is 152 Å². The minimum Gasteiger partial charge on any atom is -0.462 e. The monoisotopic (exact) mass is 666 g/mol. The van der Waals surface area contributed by atoms with Gasteiger partial charge in [0, 0.05) is 0 Å².